The molecule has 24 heavy (non-hydrogen) atoms. The van der Waals surface area contributed by atoms with E-state index in [9.17, 15) is 9.59 Å². The molecule has 2 amide bonds. The Balaban J connectivity index is 1.50. The molecule has 1 saturated heterocycles. The summed E-state index contributed by atoms with van der Waals surface area (Å²) in [6.07, 6.45) is 7.84. The highest BCUT2D eigenvalue weighted by Gasteiger charge is 2.30. The Morgan fingerprint density at radius 1 is 1.08 bits per heavy atom. The van der Waals surface area contributed by atoms with E-state index in [1.165, 1.54) is 6.42 Å². The van der Waals surface area contributed by atoms with Gasteiger partial charge in [0.1, 0.15) is 0 Å². The number of carbonyl (C=O) groups excluding carboxylic acids is 2. The maximum absolute atomic E-state index is 12.4. The molecule has 2 heterocycles. The first-order chi connectivity index (χ1) is 11.6. The molecule has 0 bridgehead atoms. The van der Waals surface area contributed by atoms with Gasteiger partial charge in [-0.2, -0.15) is 0 Å². The molecule has 2 fully saturated rings. The van der Waals surface area contributed by atoms with Crippen LogP contribution in [0.25, 0.3) is 0 Å². The van der Waals surface area contributed by atoms with Gasteiger partial charge in [-0.15, -0.1) is 0 Å². The zero-order valence-corrected chi connectivity index (χ0v) is 14.1. The lowest BCUT2D eigenvalue weighted by Gasteiger charge is -2.35. The molecule has 0 aromatic carbocycles. The summed E-state index contributed by atoms with van der Waals surface area (Å²) >= 11 is 0. The highest BCUT2D eigenvalue weighted by Crippen LogP contribution is 2.23. The first kappa shape index (κ1) is 16.7. The van der Waals surface area contributed by atoms with Crippen LogP contribution >= 0.6 is 0 Å². The minimum atomic E-state index is -0.460. The summed E-state index contributed by atoms with van der Waals surface area (Å²) in [5, 5.41) is 2.94. The van der Waals surface area contributed by atoms with E-state index in [0.717, 1.165) is 19.3 Å². The van der Waals surface area contributed by atoms with E-state index in [2.05, 4.69) is 22.2 Å². The molecule has 1 N–H and O–H groups in total. The molecule has 0 spiro atoms. The van der Waals surface area contributed by atoms with Gasteiger partial charge < -0.3 is 15.1 Å². The molecular formula is C17H25N5O2. The lowest BCUT2D eigenvalue weighted by molar-refractivity contribution is -0.146. The van der Waals surface area contributed by atoms with E-state index < -0.39 is 11.8 Å². The van der Waals surface area contributed by atoms with Crippen LogP contribution in [0.15, 0.2) is 18.5 Å². The molecule has 2 atom stereocenters. The van der Waals surface area contributed by atoms with E-state index in [-0.39, 0.29) is 6.04 Å². The second-order valence-corrected chi connectivity index (χ2v) is 6.67. The quantitative estimate of drug-likeness (QED) is 0.812. The Hall–Kier alpha value is -2.18. The van der Waals surface area contributed by atoms with Crippen molar-refractivity contribution in [3.8, 4) is 0 Å². The molecule has 1 aromatic rings. The predicted molar refractivity (Wildman–Crippen MR) is 90.4 cm³/mol. The molecule has 2 unspecified atom stereocenters. The Labute approximate surface area is 142 Å². The third-order valence-electron chi connectivity index (χ3n) is 5.02. The molecule has 0 radical (unpaired) electrons. The number of aromatic nitrogens is 2. The number of hydrogen-bond acceptors (Lipinski definition) is 5. The summed E-state index contributed by atoms with van der Waals surface area (Å²) < 4.78 is 0. The van der Waals surface area contributed by atoms with Gasteiger partial charge in [0.15, 0.2) is 0 Å². The Morgan fingerprint density at radius 2 is 1.75 bits per heavy atom. The van der Waals surface area contributed by atoms with Crippen LogP contribution in [-0.4, -0.2) is 58.9 Å². The number of nitrogens with zero attached hydrogens (tertiary/aromatic N) is 4. The van der Waals surface area contributed by atoms with Gasteiger partial charge in [0.05, 0.1) is 0 Å². The molecular weight excluding hydrogens is 306 g/mol. The topological polar surface area (TPSA) is 78.4 Å². The van der Waals surface area contributed by atoms with Crippen LogP contribution in [0.1, 0.15) is 32.6 Å². The number of piperazine rings is 1. The van der Waals surface area contributed by atoms with Gasteiger partial charge in [-0.25, -0.2) is 9.97 Å². The van der Waals surface area contributed by atoms with Crippen LogP contribution in [0.4, 0.5) is 5.95 Å². The van der Waals surface area contributed by atoms with Crippen LogP contribution in [0, 0.1) is 5.92 Å². The van der Waals surface area contributed by atoms with Crippen molar-refractivity contribution in [3.63, 3.8) is 0 Å². The standard InChI is InChI=1S/C17H25N5O2/c1-13-5-2-3-6-14(13)20-15(23)16(24)21-9-11-22(12-10-21)17-18-7-4-8-19-17/h4,7-8,13-14H,2-3,5-6,9-12H2,1H3,(H,20,23). The number of carbonyl (C=O) groups is 2. The number of amides is 2. The van der Waals surface area contributed by atoms with Crippen molar-refractivity contribution in [1.29, 1.82) is 0 Å². The van der Waals surface area contributed by atoms with E-state index >= 15 is 0 Å². The minimum absolute atomic E-state index is 0.134. The molecule has 1 aromatic heterocycles. The van der Waals surface area contributed by atoms with E-state index in [4.69, 9.17) is 0 Å². The lowest BCUT2D eigenvalue weighted by Crippen LogP contribution is -2.54. The summed E-state index contributed by atoms with van der Waals surface area (Å²) in [5.74, 6) is 0.243. The largest absolute Gasteiger partial charge is 0.345 e. The van der Waals surface area contributed by atoms with Crippen LogP contribution in [-0.2, 0) is 9.59 Å². The Morgan fingerprint density at radius 3 is 2.42 bits per heavy atom. The van der Waals surface area contributed by atoms with Crippen LogP contribution in [0.2, 0.25) is 0 Å². The maximum Gasteiger partial charge on any atom is 0.312 e. The van der Waals surface area contributed by atoms with Gasteiger partial charge in [-0.05, 0) is 24.8 Å². The first-order valence-corrected chi connectivity index (χ1v) is 8.77. The molecule has 1 aliphatic carbocycles. The average molecular weight is 331 g/mol. The van der Waals surface area contributed by atoms with Crippen molar-refractivity contribution >= 4 is 17.8 Å². The molecule has 7 nitrogen and oxygen atoms in total. The fourth-order valence-corrected chi connectivity index (χ4v) is 3.47. The van der Waals surface area contributed by atoms with Crippen LogP contribution < -0.4 is 10.2 Å². The van der Waals surface area contributed by atoms with Gasteiger partial charge in [0.2, 0.25) is 5.95 Å². The summed E-state index contributed by atoms with van der Waals surface area (Å²) in [7, 11) is 0. The zero-order valence-electron chi connectivity index (χ0n) is 14.1. The van der Waals surface area contributed by atoms with Crippen molar-refractivity contribution in [1.82, 2.24) is 20.2 Å². The molecule has 1 aliphatic heterocycles. The third kappa shape index (κ3) is 3.83. The van der Waals surface area contributed by atoms with Crippen molar-refractivity contribution in [2.75, 3.05) is 31.1 Å². The Bertz CT molecular complexity index is 572. The zero-order chi connectivity index (χ0) is 16.9. The van der Waals surface area contributed by atoms with Crippen molar-refractivity contribution < 1.29 is 9.59 Å². The molecule has 1 saturated carbocycles. The number of hydrogen-bond donors (Lipinski definition) is 1. The molecule has 2 aliphatic rings. The molecule has 130 valence electrons. The summed E-state index contributed by atoms with van der Waals surface area (Å²) in [4.78, 5) is 36.8. The highest BCUT2D eigenvalue weighted by atomic mass is 16.2. The summed E-state index contributed by atoms with van der Waals surface area (Å²) in [6.45, 7) is 4.47. The number of rotatable bonds is 2. The van der Waals surface area contributed by atoms with Gasteiger partial charge in [-0.1, -0.05) is 19.8 Å². The maximum atomic E-state index is 12.4. The second kappa shape index (κ2) is 7.59. The minimum Gasteiger partial charge on any atom is -0.345 e. The van der Waals surface area contributed by atoms with Crippen molar-refractivity contribution in [2.45, 2.75) is 38.6 Å². The summed E-state index contributed by atoms with van der Waals surface area (Å²) in [5.41, 5.74) is 0. The van der Waals surface area contributed by atoms with Gasteiger partial charge >= 0.3 is 11.8 Å². The lowest BCUT2D eigenvalue weighted by atomic mass is 9.86. The molecule has 7 heteroatoms. The van der Waals surface area contributed by atoms with Gasteiger partial charge in [0.25, 0.3) is 0 Å². The fraction of sp³-hybridized carbons (Fsp3) is 0.647. The van der Waals surface area contributed by atoms with Gasteiger partial charge in [-0.3, -0.25) is 9.59 Å². The Kier molecular flexibility index (Phi) is 5.27. The fourth-order valence-electron chi connectivity index (χ4n) is 3.47. The van der Waals surface area contributed by atoms with E-state index in [1.807, 2.05) is 4.90 Å². The average Bonchev–Trinajstić information content (AvgIpc) is 2.64. The molecule has 3 rings (SSSR count). The monoisotopic (exact) mass is 331 g/mol. The normalized spacial score (nSPS) is 24.5. The highest BCUT2D eigenvalue weighted by molar-refractivity contribution is 6.35. The van der Waals surface area contributed by atoms with Gasteiger partial charge in [0, 0.05) is 44.6 Å². The third-order valence-corrected chi connectivity index (χ3v) is 5.02. The predicted octanol–water partition coefficient (Wildman–Crippen LogP) is 0.820. The van der Waals surface area contributed by atoms with Crippen LogP contribution in [0.3, 0.4) is 0 Å². The van der Waals surface area contributed by atoms with E-state index in [0.29, 0.717) is 38.0 Å². The first-order valence-electron chi connectivity index (χ1n) is 8.77. The number of anilines is 1. The van der Waals surface area contributed by atoms with Crippen LogP contribution in [0.5, 0.6) is 0 Å². The van der Waals surface area contributed by atoms with E-state index in [1.54, 1.807) is 23.4 Å². The summed E-state index contributed by atoms with van der Waals surface area (Å²) in [6, 6.07) is 1.91. The second-order valence-electron chi connectivity index (χ2n) is 6.67. The number of nitrogens with one attached hydrogen (secondary N) is 1. The smallest absolute Gasteiger partial charge is 0.312 e. The SMILES string of the molecule is CC1CCCCC1NC(=O)C(=O)N1CCN(c2ncccn2)CC1. The van der Waals surface area contributed by atoms with Crippen molar-refractivity contribution in [3.05, 3.63) is 18.5 Å². The van der Waals surface area contributed by atoms with Crippen molar-refractivity contribution in [2.24, 2.45) is 5.92 Å².